The Morgan fingerprint density at radius 3 is 2.76 bits per heavy atom. The molecule has 2 heterocycles. The maximum atomic E-state index is 12.6. The standard InChI is InChI=1S/C17H17Cl2NO3S2/c1-3-23-17(22)13-9-5-4-8(2)6-11(9)24-16(13)20-15(21)10-7-12(18)25-14(10)19/h7-8H,3-6H2,1-2H3,(H,20,21)/t8-/m0/s1. The van der Waals surface area contributed by atoms with Crippen molar-refractivity contribution in [2.75, 3.05) is 11.9 Å². The fraction of sp³-hybridized carbons (Fsp3) is 0.412. The number of carbonyl (C=O) groups is 2. The molecule has 0 aromatic carbocycles. The molecule has 1 aliphatic rings. The highest BCUT2D eigenvalue weighted by atomic mass is 35.5. The molecule has 0 aliphatic heterocycles. The van der Waals surface area contributed by atoms with Gasteiger partial charge < -0.3 is 10.1 Å². The van der Waals surface area contributed by atoms with Crippen LogP contribution in [0.2, 0.25) is 8.67 Å². The Morgan fingerprint density at radius 1 is 1.36 bits per heavy atom. The molecule has 0 saturated carbocycles. The third-order valence-electron chi connectivity index (χ3n) is 4.12. The summed E-state index contributed by atoms with van der Waals surface area (Å²) < 4.78 is 5.98. The summed E-state index contributed by atoms with van der Waals surface area (Å²) in [5.74, 6) is -0.195. The van der Waals surface area contributed by atoms with Crippen molar-refractivity contribution in [2.45, 2.75) is 33.1 Å². The van der Waals surface area contributed by atoms with E-state index >= 15 is 0 Å². The van der Waals surface area contributed by atoms with Gasteiger partial charge in [0.25, 0.3) is 5.91 Å². The van der Waals surface area contributed by atoms with E-state index in [4.69, 9.17) is 27.9 Å². The number of fused-ring (bicyclic) bond motifs is 1. The number of nitrogens with one attached hydrogen (secondary N) is 1. The Hall–Kier alpha value is -1.08. The molecule has 0 spiro atoms. The molecule has 0 fully saturated rings. The van der Waals surface area contributed by atoms with Gasteiger partial charge in [0, 0.05) is 4.88 Å². The van der Waals surface area contributed by atoms with E-state index in [0.717, 1.165) is 41.0 Å². The Labute approximate surface area is 164 Å². The third kappa shape index (κ3) is 3.87. The normalized spacial score (nSPS) is 16.4. The topological polar surface area (TPSA) is 55.4 Å². The van der Waals surface area contributed by atoms with E-state index < -0.39 is 0 Å². The molecule has 1 atom stereocenters. The van der Waals surface area contributed by atoms with E-state index in [2.05, 4.69) is 12.2 Å². The van der Waals surface area contributed by atoms with E-state index in [1.807, 2.05) is 0 Å². The molecule has 2 aromatic rings. The highest BCUT2D eigenvalue weighted by molar-refractivity contribution is 7.20. The molecule has 1 N–H and O–H groups in total. The number of thiophene rings is 2. The summed E-state index contributed by atoms with van der Waals surface area (Å²) in [5, 5.41) is 3.36. The highest BCUT2D eigenvalue weighted by Gasteiger charge is 2.29. The first-order chi connectivity index (χ1) is 11.9. The predicted octanol–water partition coefficient (Wildman–Crippen LogP) is 5.67. The van der Waals surface area contributed by atoms with Crippen LogP contribution in [0.5, 0.6) is 0 Å². The molecule has 0 bridgehead atoms. The van der Waals surface area contributed by atoms with E-state index in [1.54, 1.807) is 6.92 Å². The van der Waals surface area contributed by atoms with Crippen molar-refractivity contribution in [1.82, 2.24) is 0 Å². The maximum absolute atomic E-state index is 12.6. The van der Waals surface area contributed by atoms with Crippen LogP contribution in [0.1, 0.15) is 51.4 Å². The molecular formula is C17H17Cl2NO3S2. The number of carbonyl (C=O) groups excluding carboxylic acids is 2. The smallest absolute Gasteiger partial charge is 0.341 e. The van der Waals surface area contributed by atoms with Crippen LogP contribution in [-0.2, 0) is 17.6 Å². The monoisotopic (exact) mass is 417 g/mol. The summed E-state index contributed by atoms with van der Waals surface area (Å²) in [7, 11) is 0. The van der Waals surface area contributed by atoms with Crippen LogP contribution in [0.3, 0.4) is 0 Å². The quantitative estimate of drug-likeness (QED) is 0.651. The Bertz CT molecular complexity index is 828. The summed E-state index contributed by atoms with van der Waals surface area (Å²) in [6.45, 7) is 4.25. The zero-order chi connectivity index (χ0) is 18.1. The lowest BCUT2D eigenvalue weighted by Gasteiger charge is -2.18. The van der Waals surface area contributed by atoms with Gasteiger partial charge in [0.2, 0.25) is 0 Å². The summed E-state index contributed by atoms with van der Waals surface area (Å²) in [4.78, 5) is 26.2. The van der Waals surface area contributed by atoms with Crippen molar-refractivity contribution in [1.29, 1.82) is 0 Å². The molecule has 4 nitrogen and oxygen atoms in total. The number of hydrogen-bond donors (Lipinski definition) is 1. The van der Waals surface area contributed by atoms with Gasteiger partial charge >= 0.3 is 5.97 Å². The number of ether oxygens (including phenoxy) is 1. The minimum Gasteiger partial charge on any atom is -0.462 e. The van der Waals surface area contributed by atoms with Gasteiger partial charge in [-0.3, -0.25) is 4.79 Å². The Kier molecular flexibility index (Phi) is 5.73. The van der Waals surface area contributed by atoms with Crippen molar-refractivity contribution < 1.29 is 14.3 Å². The van der Waals surface area contributed by atoms with Crippen molar-refractivity contribution in [3.8, 4) is 0 Å². The molecule has 1 aliphatic carbocycles. The van der Waals surface area contributed by atoms with E-state index in [9.17, 15) is 9.59 Å². The highest BCUT2D eigenvalue weighted by Crippen LogP contribution is 2.41. The molecular weight excluding hydrogens is 401 g/mol. The van der Waals surface area contributed by atoms with Crippen molar-refractivity contribution >= 4 is 62.8 Å². The van der Waals surface area contributed by atoms with Gasteiger partial charge in [-0.25, -0.2) is 4.79 Å². The average Bonchev–Trinajstić information content (AvgIpc) is 3.06. The van der Waals surface area contributed by atoms with Crippen molar-refractivity contribution in [3.63, 3.8) is 0 Å². The molecule has 0 radical (unpaired) electrons. The largest absolute Gasteiger partial charge is 0.462 e. The predicted molar refractivity (Wildman–Crippen MR) is 104 cm³/mol. The first kappa shape index (κ1) is 18.7. The van der Waals surface area contributed by atoms with Crippen LogP contribution >= 0.6 is 45.9 Å². The average molecular weight is 418 g/mol. The first-order valence-corrected chi connectivity index (χ1v) is 10.4. The number of amides is 1. The van der Waals surface area contributed by atoms with Crippen LogP contribution in [0.25, 0.3) is 0 Å². The third-order valence-corrected chi connectivity index (χ3v) is 6.78. The molecule has 1 amide bonds. The van der Waals surface area contributed by atoms with Crippen LogP contribution < -0.4 is 5.32 Å². The minimum atomic E-state index is -0.390. The number of rotatable bonds is 4. The summed E-state index contributed by atoms with van der Waals surface area (Å²) in [6.07, 6.45) is 2.75. The van der Waals surface area contributed by atoms with Gasteiger partial charge in [0.1, 0.15) is 9.34 Å². The van der Waals surface area contributed by atoms with Crippen molar-refractivity contribution in [2.24, 2.45) is 5.92 Å². The second-order valence-electron chi connectivity index (χ2n) is 5.97. The number of hydrogen-bond acceptors (Lipinski definition) is 5. The number of esters is 1. The fourth-order valence-electron chi connectivity index (χ4n) is 2.92. The summed E-state index contributed by atoms with van der Waals surface area (Å²) in [6, 6.07) is 1.53. The van der Waals surface area contributed by atoms with Gasteiger partial charge in [-0.2, -0.15) is 0 Å². The van der Waals surface area contributed by atoms with E-state index in [1.165, 1.54) is 17.4 Å². The molecule has 0 unspecified atom stereocenters. The Morgan fingerprint density at radius 2 is 2.12 bits per heavy atom. The van der Waals surface area contributed by atoms with Gasteiger partial charge in [0.15, 0.2) is 0 Å². The molecule has 134 valence electrons. The van der Waals surface area contributed by atoms with Crippen LogP contribution in [0.4, 0.5) is 5.00 Å². The van der Waals surface area contributed by atoms with Crippen LogP contribution in [-0.4, -0.2) is 18.5 Å². The van der Waals surface area contributed by atoms with Gasteiger partial charge in [-0.05, 0) is 43.7 Å². The molecule has 8 heteroatoms. The Balaban J connectivity index is 1.96. The lowest BCUT2D eigenvalue weighted by Crippen LogP contribution is -2.16. The van der Waals surface area contributed by atoms with E-state index in [0.29, 0.717) is 37.3 Å². The van der Waals surface area contributed by atoms with E-state index in [-0.39, 0.29) is 11.9 Å². The van der Waals surface area contributed by atoms with Gasteiger partial charge in [0.05, 0.1) is 22.1 Å². The van der Waals surface area contributed by atoms with Gasteiger partial charge in [-0.15, -0.1) is 22.7 Å². The summed E-state index contributed by atoms with van der Waals surface area (Å²) in [5.41, 5.74) is 1.80. The summed E-state index contributed by atoms with van der Waals surface area (Å²) >= 11 is 14.6. The first-order valence-electron chi connectivity index (χ1n) is 7.98. The minimum absolute atomic E-state index is 0.291. The van der Waals surface area contributed by atoms with Crippen LogP contribution in [0, 0.1) is 5.92 Å². The molecule has 3 rings (SSSR count). The maximum Gasteiger partial charge on any atom is 0.341 e. The SMILES string of the molecule is CCOC(=O)c1c(NC(=O)c2cc(Cl)sc2Cl)sc2c1CC[C@H](C)C2. The van der Waals surface area contributed by atoms with Crippen molar-refractivity contribution in [3.05, 3.63) is 36.3 Å². The molecule has 0 saturated heterocycles. The second kappa shape index (κ2) is 7.66. The lowest BCUT2D eigenvalue weighted by molar-refractivity contribution is 0.0526. The number of anilines is 1. The van der Waals surface area contributed by atoms with Gasteiger partial charge in [-0.1, -0.05) is 30.1 Å². The zero-order valence-corrected chi connectivity index (χ0v) is 16.9. The zero-order valence-electron chi connectivity index (χ0n) is 13.8. The molecule has 2 aromatic heterocycles. The molecule has 25 heavy (non-hydrogen) atoms. The second-order valence-corrected chi connectivity index (χ2v) is 9.36. The number of halogens is 2. The lowest BCUT2D eigenvalue weighted by atomic mass is 9.88. The fourth-order valence-corrected chi connectivity index (χ4v) is 5.78. The van der Waals surface area contributed by atoms with Crippen LogP contribution in [0.15, 0.2) is 6.07 Å².